The van der Waals surface area contributed by atoms with E-state index >= 15 is 0 Å². The lowest BCUT2D eigenvalue weighted by Gasteiger charge is -2.49. The molecule has 0 N–H and O–H groups in total. The van der Waals surface area contributed by atoms with Crippen LogP contribution in [0.2, 0.25) is 0 Å². The molecular formula is C28H34N2O2. The Morgan fingerprint density at radius 2 is 1.03 bits per heavy atom. The predicted molar refractivity (Wildman–Crippen MR) is 124 cm³/mol. The summed E-state index contributed by atoms with van der Waals surface area (Å²) in [6.07, 6.45) is 2.94. The summed E-state index contributed by atoms with van der Waals surface area (Å²) < 4.78 is 13.8. The van der Waals surface area contributed by atoms with Crippen molar-refractivity contribution in [3.05, 3.63) is 70.8 Å². The van der Waals surface area contributed by atoms with Crippen molar-refractivity contribution in [1.29, 1.82) is 0 Å². The van der Waals surface area contributed by atoms with E-state index in [0.717, 1.165) is 12.8 Å². The van der Waals surface area contributed by atoms with Gasteiger partial charge in [-0.3, -0.25) is 9.80 Å². The van der Waals surface area contributed by atoms with Crippen LogP contribution in [0.3, 0.4) is 0 Å². The molecule has 3 heterocycles. The first-order valence-electron chi connectivity index (χ1n) is 12.6. The van der Waals surface area contributed by atoms with Crippen molar-refractivity contribution in [2.45, 2.75) is 89.4 Å². The summed E-state index contributed by atoms with van der Waals surface area (Å²) in [5.74, 6) is 0.806. The Labute approximate surface area is 191 Å². The van der Waals surface area contributed by atoms with E-state index in [0.29, 0.717) is 36.0 Å². The van der Waals surface area contributed by atoms with Gasteiger partial charge in [-0.15, -0.1) is 0 Å². The first kappa shape index (κ1) is 19.7. The molecule has 6 unspecified atom stereocenters. The lowest BCUT2D eigenvalue weighted by atomic mass is 9.87. The van der Waals surface area contributed by atoms with Gasteiger partial charge in [-0.1, -0.05) is 62.4 Å². The number of fused-ring (bicyclic) bond motifs is 10. The maximum absolute atomic E-state index is 6.90. The van der Waals surface area contributed by atoms with E-state index in [1.807, 2.05) is 0 Å². The van der Waals surface area contributed by atoms with Gasteiger partial charge in [-0.2, -0.15) is 0 Å². The fourth-order valence-electron chi connectivity index (χ4n) is 7.62. The number of ether oxygens (including phenoxy) is 2. The van der Waals surface area contributed by atoms with Crippen LogP contribution in [0.4, 0.5) is 0 Å². The highest BCUT2D eigenvalue weighted by Gasteiger charge is 2.59. The monoisotopic (exact) mass is 430 g/mol. The van der Waals surface area contributed by atoms with Crippen molar-refractivity contribution < 1.29 is 9.47 Å². The molecule has 0 aromatic heterocycles. The molecule has 32 heavy (non-hydrogen) atoms. The molecule has 2 aromatic carbocycles. The van der Waals surface area contributed by atoms with Gasteiger partial charge < -0.3 is 9.47 Å². The minimum atomic E-state index is 0.155. The molecule has 4 nitrogen and oxygen atoms in total. The number of rotatable bonds is 0. The second-order valence-electron chi connectivity index (χ2n) is 10.9. The average Bonchev–Trinajstić information content (AvgIpc) is 3.53. The summed E-state index contributed by atoms with van der Waals surface area (Å²) in [4.78, 5) is 5.45. The van der Waals surface area contributed by atoms with Crippen LogP contribution in [-0.4, -0.2) is 46.5 Å². The zero-order valence-corrected chi connectivity index (χ0v) is 19.5. The summed E-state index contributed by atoms with van der Waals surface area (Å²) in [5, 5.41) is 0. The summed E-state index contributed by atoms with van der Waals surface area (Å²) in [5.41, 5.74) is 5.89. The molecule has 168 valence electrons. The molecule has 10 atom stereocenters. The van der Waals surface area contributed by atoms with Gasteiger partial charge in [0.2, 0.25) is 0 Å². The third-order valence-electron chi connectivity index (χ3n) is 9.51. The average molecular weight is 431 g/mol. The molecule has 3 fully saturated rings. The summed E-state index contributed by atoms with van der Waals surface area (Å²) >= 11 is 0. The molecule has 5 aliphatic rings. The van der Waals surface area contributed by atoms with E-state index in [-0.39, 0.29) is 24.7 Å². The van der Waals surface area contributed by atoms with Crippen molar-refractivity contribution in [3.8, 4) is 0 Å². The van der Waals surface area contributed by atoms with Crippen LogP contribution in [0, 0.1) is 11.8 Å². The van der Waals surface area contributed by atoms with E-state index in [1.165, 1.54) is 22.3 Å². The largest absolute Gasteiger partial charge is 0.357 e. The molecule has 3 saturated heterocycles. The third kappa shape index (κ3) is 2.47. The normalized spacial score (nSPS) is 44.8. The highest BCUT2D eigenvalue weighted by molar-refractivity contribution is 5.39. The molecule has 2 aromatic rings. The van der Waals surface area contributed by atoms with Gasteiger partial charge in [0.05, 0.1) is 24.3 Å². The minimum absolute atomic E-state index is 0.155. The Kier molecular flexibility index (Phi) is 4.25. The molecule has 4 heteroatoms. The zero-order chi connectivity index (χ0) is 21.7. The molecule has 3 aliphatic heterocycles. The van der Waals surface area contributed by atoms with Crippen LogP contribution in [0.15, 0.2) is 48.5 Å². The van der Waals surface area contributed by atoms with Crippen LogP contribution in [-0.2, 0) is 22.3 Å². The van der Waals surface area contributed by atoms with Crippen LogP contribution in [0.25, 0.3) is 0 Å². The fraction of sp³-hybridized carbons (Fsp3) is 0.571. The Bertz CT molecular complexity index is 972. The van der Waals surface area contributed by atoms with Gasteiger partial charge in [0.25, 0.3) is 0 Å². The molecule has 0 spiro atoms. The standard InChI is InChI=1S/C28H34N2O2/c1-15-17(3)29-25-21-11-7-5-10-20(21)14-24(25)32-28(29)16(2)18(4)30-26-22-12-8-6-9-19(22)13-23(26)31-27(15)30/h5-12,15-18,23-28H,13-14H2,1-4H3/t15?,16?,17?,18?,23-,24-,25+,26+,27?,28?/m0/s1. The number of benzene rings is 2. The predicted octanol–water partition coefficient (Wildman–Crippen LogP) is 4.70. The zero-order valence-electron chi connectivity index (χ0n) is 19.5. The van der Waals surface area contributed by atoms with Gasteiger partial charge in [0.15, 0.2) is 0 Å². The number of hydrogen-bond acceptors (Lipinski definition) is 4. The maximum atomic E-state index is 6.90. The molecule has 0 saturated carbocycles. The summed E-state index contributed by atoms with van der Waals surface area (Å²) in [6, 6.07) is 19.5. The molecule has 7 rings (SSSR count). The van der Waals surface area contributed by atoms with Gasteiger partial charge >= 0.3 is 0 Å². The SMILES string of the molecule is CC1C(C)N2C(O[C@H]3Cc4ccccc4[C@H]32)C(C)C(C)N2C1O[C@H]1Cc3ccccc3[C@H]12. The maximum Gasteiger partial charge on any atom is 0.115 e. The van der Waals surface area contributed by atoms with Crippen molar-refractivity contribution >= 4 is 0 Å². The van der Waals surface area contributed by atoms with Crippen molar-refractivity contribution in [2.24, 2.45) is 11.8 Å². The minimum Gasteiger partial charge on any atom is -0.357 e. The van der Waals surface area contributed by atoms with Gasteiger partial charge in [-0.25, -0.2) is 0 Å². The Balaban J connectivity index is 1.29. The van der Waals surface area contributed by atoms with E-state index in [9.17, 15) is 0 Å². The smallest absolute Gasteiger partial charge is 0.115 e. The molecule has 0 bridgehead atoms. The summed E-state index contributed by atoms with van der Waals surface area (Å²) in [6.45, 7) is 9.64. The van der Waals surface area contributed by atoms with Crippen LogP contribution in [0.1, 0.15) is 62.0 Å². The topological polar surface area (TPSA) is 24.9 Å². The fourth-order valence-corrected chi connectivity index (χ4v) is 7.62. The highest BCUT2D eigenvalue weighted by Crippen LogP contribution is 2.54. The van der Waals surface area contributed by atoms with E-state index in [4.69, 9.17) is 9.47 Å². The first-order valence-corrected chi connectivity index (χ1v) is 12.6. The lowest BCUT2D eigenvalue weighted by molar-refractivity contribution is -0.142. The van der Waals surface area contributed by atoms with Gasteiger partial charge in [0, 0.05) is 36.8 Å². The molecule has 0 radical (unpaired) electrons. The second-order valence-corrected chi connectivity index (χ2v) is 10.9. The van der Waals surface area contributed by atoms with Gasteiger partial charge in [-0.05, 0) is 36.1 Å². The van der Waals surface area contributed by atoms with Crippen molar-refractivity contribution in [2.75, 3.05) is 0 Å². The number of nitrogens with zero attached hydrogens (tertiary/aromatic N) is 2. The van der Waals surface area contributed by atoms with Crippen molar-refractivity contribution in [1.82, 2.24) is 9.80 Å². The van der Waals surface area contributed by atoms with Crippen LogP contribution < -0.4 is 0 Å². The van der Waals surface area contributed by atoms with E-state index in [1.54, 1.807) is 0 Å². The Morgan fingerprint density at radius 1 is 0.625 bits per heavy atom. The Morgan fingerprint density at radius 3 is 1.47 bits per heavy atom. The van der Waals surface area contributed by atoms with E-state index in [2.05, 4.69) is 86.0 Å². The Hall–Kier alpha value is -1.72. The molecule has 2 aliphatic carbocycles. The second kappa shape index (κ2) is 6.89. The van der Waals surface area contributed by atoms with E-state index < -0.39 is 0 Å². The molecular weight excluding hydrogens is 396 g/mol. The third-order valence-corrected chi connectivity index (χ3v) is 9.51. The van der Waals surface area contributed by atoms with Gasteiger partial charge in [0.1, 0.15) is 12.5 Å². The quantitative estimate of drug-likeness (QED) is 0.605. The molecule has 0 amide bonds. The lowest BCUT2D eigenvalue weighted by Crippen LogP contribution is -2.59. The van der Waals surface area contributed by atoms with Crippen LogP contribution in [0.5, 0.6) is 0 Å². The number of hydrogen-bond donors (Lipinski definition) is 0. The van der Waals surface area contributed by atoms with Crippen molar-refractivity contribution in [3.63, 3.8) is 0 Å². The summed E-state index contributed by atoms with van der Waals surface area (Å²) in [7, 11) is 0. The highest BCUT2D eigenvalue weighted by atomic mass is 16.5. The van der Waals surface area contributed by atoms with Crippen LogP contribution >= 0.6 is 0 Å². The first-order chi connectivity index (χ1) is 15.5.